The maximum absolute atomic E-state index is 6.35. The van der Waals surface area contributed by atoms with Crippen LogP contribution in [0.2, 0.25) is 0 Å². The molecule has 2 N–H and O–H groups in total. The van der Waals surface area contributed by atoms with Gasteiger partial charge in [-0.2, -0.15) is 0 Å². The fourth-order valence-corrected chi connectivity index (χ4v) is 4.87. The van der Waals surface area contributed by atoms with Crippen molar-refractivity contribution < 1.29 is 0 Å². The van der Waals surface area contributed by atoms with Crippen molar-refractivity contribution in [2.75, 3.05) is 0 Å². The molecule has 0 aromatic carbocycles. The summed E-state index contributed by atoms with van der Waals surface area (Å²) in [5, 5.41) is 0. The Labute approximate surface area is 211 Å². The van der Waals surface area contributed by atoms with Crippen LogP contribution in [0.25, 0.3) is 0 Å². The van der Waals surface area contributed by atoms with E-state index in [2.05, 4.69) is 26.0 Å². The molecule has 0 saturated heterocycles. The molecule has 1 unspecified atom stereocenters. The first-order valence-electron chi connectivity index (χ1n) is 15.7. The summed E-state index contributed by atoms with van der Waals surface area (Å²) in [5.41, 5.74) is 6.35. The molecule has 198 valence electrons. The van der Waals surface area contributed by atoms with Gasteiger partial charge >= 0.3 is 0 Å². The molecule has 1 heteroatoms. The summed E-state index contributed by atoms with van der Waals surface area (Å²) in [7, 11) is 0. The van der Waals surface area contributed by atoms with Gasteiger partial charge < -0.3 is 5.73 Å². The van der Waals surface area contributed by atoms with Crippen LogP contribution in [0.15, 0.2) is 12.2 Å². The zero-order valence-electron chi connectivity index (χ0n) is 23.4. The highest BCUT2D eigenvalue weighted by Crippen LogP contribution is 2.15. The minimum atomic E-state index is 0.457. The average Bonchev–Trinajstić information content (AvgIpc) is 2.82. The molecule has 1 nitrogen and oxygen atoms in total. The Morgan fingerprint density at radius 1 is 0.394 bits per heavy atom. The molecule has 0 aliphatic carbocycles. The van der Waals surface area contributed by atoms with Crippen LogP contribution in [-0.4, -0.2) is 6.04 Å². The van der Waals surface area contributed by atoms with Crippen molar-refractivity contribution >= 4 is 0 Å². The molecule has 1 atom stereocenters. The van der Waals surface area contributed by atoms with Gasteiger partial charge in [-0.3, -0.25) is 0 Å². The van der Waals surface area contributed by atoms with Crippen molar-refractivity contribution in [2.45, 2.75) is 193 Å². The molecule has 0 saturated carbocycles. The summed E-state index contributed by atoms with van der Waals surface area (Å²) in [4.78, 5) is 0. The van der Waals surface area contributed by atoms with Crippen LogP contribution in [0.4, 0.5) is 0 Å². The quantitative estimate of drug-likeness (QED) is 0.0905. The summed E-state index contributed by atoms with van der Waals surface area (Å²) in [6, 6.07) is 0.457. The molecule has 0 heterocycles. The van der Waals surface area contributed by atoms with Crippen LogP contribution in [0.1, 0.15) is 187 Å². The molecule has 0 aliphatic heterocycles. The van der Waals surface area contributed by atoms with E-state index in [1.807, 2.05) is 0 Å². The normalized spacial score (nSPS) is 12.7. The van der Waals surface area contributed by atoms with Gasteiger partial charge in [0.15, 0.2) is 0 Å². The maximum atomic E-state index is 6.35. The summed E-state index contributed by atoms with van der Waals surface area (Å²) >= 11 is 0. The first-order chi connectivity index (χ1) is 16.3. The number of rotatable bonds is 28. The van der Waals surface area contributed by atoms with E-state index in [-0.39, 0.29) is 0 Å². The van der Waals surface area contributed by atoms with Crippen molar-refractivity contribution in [1.82, 2.24) is 0 Å². The fraction of sp³-hybridized carbons (Fsp3) is 0.938. The van der Waals surface area contributed by atoms with Crippen LogP contribution >= 0.6 is 0 Å². The Balaban J connectivity index is 3.19. The van der Waals surface area contributed by atoms with Crippen LogP contribution in [0.3, 0.4) is 0 Å². The highest BCUT2D eigenvalue weighted by Gasteiger charge is 2.02. The minimum Gasteiger partial charge on any atom is -0.328 e. The first kappa shape index (κ1) is 32.7. The third-order valence-corrected chi connectivity index (χ3v) is 7.27. The summed E-state index contributed by atoms with van der Waals surface area (Å²) in [6.07, 6.45) is 42.4. The standard InChI is InChI=1S/C32H65N/c1-3-5-7-9-11-13-15-17-18-19-21-23-25-27-29-31-32(33)30-28-26-24-22-20-16-14-12-10-8-6-4-2/h17-18,32H,3-16,19-31,33H2,1-2H3/b18-17-. The lowest BCUT2D eigenvalue weighted by Gasteiger charge is -2.11. The molecule has 0 aliphatic rings. The van der Waals surface area contributed by atoms with Gasteiger partial charge in [-0.05, 0) is 38.5 Å². The van der Waals surface area contributed by atoms with Crippen molar-refractivity contribution in [3.63, 3.8) is 0 Å². The molecular formula is C32H65N. The van der Waals surface area contributed by atoms with Gasteiger partial charge in [-0.25, -0.2) is 0 Å². The molecule has 0 aromatic heterocycles. The number of allylic oxidation sites excluding steroid dienone is 2. The van der Waals surface area contributed by atoms with Crippen LogP contribution < -0.4 is 5.73 Å². The van der Waals surface area contributed by atoms with E-state index in [0.717, 1.165) is 0 Å². The largest absolute Gasteiger partial charge is 0.328 e. The summed E-state index contributed by atoms with van der Waals surface area (Å²) in [5.74, 6) is 0. The van der Waals surface area contributed by atoms with Crippen molar-refractivity contribution in [2.24, 2.45) is 5.73 Å². The highest BCUT2D eigenvalue weighted by atomic mass is 14.6. The number of hydrogen-bond acceptors (Lipinski definition) is 1. The van der Waals surface area contributed by atoms with Crippen molar-refractivity contribution in [1.29, 1.82) is 0 Å². The van der Waals surface area contributed by atoms with E-state index in [0.29, 0.717) is 6.04 Å². The molecule has 0 amide bonds. The predicted octanol–water partition coefficient (Wildman–Crippen LogP) is 11.4. The Kier molecular flexibility index (Phi) is 29.5. The van der Waals surface area contributed by atoms with E-state index in [1.165, 1.54) is 173 Å². The van der Waals surface area contributed by atoms with Crippen LogP contribution in [-0.2, 0) is 0 Å². The molecule has 0 spiro atoms. The van der Waals surface area contributed by atoms with E-state index >= 15 is 0 Å². The number of unbranched alkanes of at least 4 members (excludes halogenated alkanes) is 22. The summed E-state index contributed by atoms with van der Waals surface area (Å²) in [6.45, 7) is 4.59. The third kappa shape index (κ3) is 29.7. The highest BCUT2D eigenvalue weighted by molar-refractivity contribution is 4.81. The van der Waals surface area contributed by atoms with E-state index in [1.54, 1.807) is 0 Å². The molecule has 0 bridgehead atoms. The second-order valence-corrected chi connectivity index (χ2v) is 10.8. The molecule has 33 heavy (non-hydrogen) atoms. The van der Waals surface area contributed by atoms with E-state index in [4.69, 9.17) is 5.73 Å². The molecule has 0 fully saturated rings. The minimum absolute atomic E-state index is 0.457. The van der Waals surface area contributed by atoms with Crippen molar-refractivity contribution in [3.05, 3.63) is 12.2 Å². The monoisotopic (exact) mass is 464 g/mol. The van der Waals surface area contributed by atoms with Gasteiger partial charge in [-0.1, -0.05) is 161 Å². The van der Waals surface area contributed by atoms with Gasteiger partial charge in [0, 0.05) is 6.04 Å². The Hall–Kier alpha value is -0.300. The fourth-order valence-electron chi connectivity index (χ4n) is 4.87. The zero-order valence-corrected chi connectivity index (χ0v) is 23.4. The number of hydrogen-bond donors (Lipinski definition) is 1. The Morgan fingerprint density at radius 3 is 1.00 bits per heavy atom. The lowest BCUT2D eigenvalue weighted by atomic mass is 10.0. The predicted molar refractivity (Wildman–Crippen MR) is 153 cm³/mol. The van der Waals surface area contributed by atoms with Gasteiger partial charge in [0.1, 0.15) is 0 Å². The SMILES string of the molecule is CCCCCCCC/C=C\CCCCCCCC(N)CCCCCCCCCCCCCC. The van der Waals surface area contributed by atoms with Gasteiger partial charge in [0.25, 0.3) is 0 Å². The first-order valence-corrected chi connectivity index (χ1v) is 15.7. The summed E-state index contributed by atoms with van der Waals surface area (Å²) < 4.78 is 0. The maximum Gasteiger partial charge on any atom is 0.00388 e. The lowest BCUT2D eigenvalue weighted by molar-refractivity contribution is 0.481. The van der Waals surface area contributed by atoms with Gasteiger partial charge in [-0.15, -0.1) is 0 Å². The molecule has 0 radical (unpaired) electrons. The Morgan fingerprint density at radius 2 is 0.667 bits per heavy atom. The van der Waals surface area contributed by atoms with Gasteiger partial charge in [0.05, 0.1) is 0 Å². The zero-order chi connectivity index (χ0) is 24.1. The molecule has 0 rings (SSSR count). The number of nitrogens with two attached hydrogens (primary N) is 1. The molecular weight excluding hydrogens is 398 g/mol. The Bertz CT molecular complexity index is 362. The van der Waals surface area contributed by atoms with Crippen LogP contribution in [0.5, 0.6) is 0 Å². The van der Waals surface area contributed by atoms with Gasteiger partial charge in [0.2, 0.25) is 0 Å². The third-order valence-electron chi connectivity index (χ3n) is 7.27. The second kappa shape index (κ2) is 29.7. The smallest absolute Gasteiger partial charge is 0.00388 e. The van der Waals surface area contributed by atoms with Crippen molar-refractivity contribution in [3.8, 4) is 0 Å². The average molecular weight is 464 g/mol. The topological polar surface area (TPSA) is 26.0 Å². The van der Waals surface area contributed by atoms with E-state index in [9.17, 15) is 0 Å². The van der Waals surface area contributed by atoms with E-state index < -0.39 is 0 Å². The lowest BCUT2D eigenvalue weighted by Crippen LogP contribution is -2.19. The second-order valence-electron chi connectivity index (χ2n) is 10.8. The van der Waals surface area contributed by atoms with Crippen LogP contribution in [0, 0.1) is 0 Å². The molecule has 0 aromatic rings.